The van der Waals surface area contributed by atoms with Crippen LogP contribution in [0.15, 0.2) is 60.9 Å². The Bertz CT molecular complexity index is 951. The Morgan fingerprint density at radius 2 is 1.69 bits per heavy atom. The Balaban J connectivity index is 0.000000290. The zero-order valence-corrected chi connectivity index (χ0v) is 16.3. The number of carbonyl (C=O) groups excluding carboxylic acids is 1. The Morgan fingerprint density at radius 1 is 1.10 bits per heavy atom. The molecule has 29 heavy (non-hydrogen) atoms. The minimum atomic E-state index is -1.10. The summed E-state index contributed by atoms with van der Waals surface area (Å²) < 4.78 is 6.96. The van der Waals surface area contributed by atoms with Crippen molar-refractivity contribution in [2.24, 2.45) is 7.05 Å². The highest BCUT2D eigenvalue weighted by atomic mass is 16.5. The second kappa shape index (κ2) is 9.05. The molecule has 2 N–H and O–H groups in total. The Hall–Kier alpha value is -3.61. The van der Waals surface area contributed by atoms with Gasteiger partial charge in [0.05, 0.1) is 6.20 Å². The summed E-state index contributed by atoms with van der Waals surface area (Å²) in [6, 6.07) is 16.1. The van der Waals surface area contributed by atoms with Crippen LogP contribution in [0.25, 0.3) is 11.1 Å². The molecule has 150 valence electrons. The molecule has 0 spiro atoms. The van der Waals surface area contributed by atoms with Crippen molar-refractivity contribution < 1.29 is 19.4 Å². The maximum Gasteiger partial charge on any atom is 0.407 e. The van der Waals surface area contributed by atoms with E-state index in [1.165, 1.54) is 5.56 Å². The van der Waals surface area contributed by atoms with Crippen LogP contribution in [-0.2, 0) is 16.6 Å². The fourth-order valence-corrected chi connectivity index (χ4v) is 3.34. The van der Waals surface area contributed by atoms with Gasteiger partial charge in [-0.3, -0.25) is 9.48 Å². The third kappa shape index (κ3) is 5.01. The lowest BCUT2D eigenvalue weighted by atomic mass is 9.98. The molecule has 0 fully saturated rings. The number of rotatable bonds is 4. The molecule has 1 heterocycles. The van der Waals surface area contributed by atoms with Gasteiger partial charge >= 0.3 is 12.1 Å². The third-order valence-corrected chi connectivity index (χ3v) is 4.56. The Kier molecular flexibility index (Phi) is 6.29. The van der Waals surface area contributed by atoms with E-state index < -0.39 is 18.6 Å². The van der Waals surface area contributed by atoms with Crippen molar-refractivity contribution in [2.75, 3.05) is 13.2 Å². The molecule has 7 heteroatoms. The highest BCUT2D eigenvalue weighted by Crippen LogP contribution is 2.44. The monoisotopic (exact) mass is 393 g/mol. The van der Waals surface area contributed by atoms with Crippen LogP contribution in [0.3, 0.4) is 0 Å². The number of amides is 1. The first-order valence-corrected chi connectivity index (χ1v) is 9.21. The minimum Gasteiger partial charge on any atom is -0.480 e. The van der Waals surface area contributed by atoms with E-state index in [0.717, 1.165) is 22.3 Å². The van der Waals surface area contributed by atoms with Crippen molar-refractivity contribution in [2.45, 2.75) is 12.8 Å². The number of fused-ring (bicyclic) bond motifs is 3. The molecule has 0 bridgehead atoms. The van der Waals surface area contributed by atoms with E-state index in [1.54, 1.807) is 4.68 Å². The van der Waals surface area contributed by atoms with Gasteiger partial charge in [0.15, 0.2) is 0 Å². The van der Waals surface area contributed by atoms with Crippen LogP contribution in [0, 0.1) is 6.92 Å². The van der Waals surface area contributed by atoms with Crippen LogP contribution in [0.1, 0.15) is 22.6 Å². The molecule has 0 radical (unpaired) electrons. The number of carboxylic acid groups (broad SMARTS) is 1. The number of aryl methyl sites for hydroxylation is 2. The lowest BCUT2D eigenvalue weighted by Gasteiger charge is -2.14. The van der Waals surface area contributed by atoms with Crippen molar-refractivity contribution in [3.8, 4) is 11.1 Å². The summed E-state index contributed by atoms with van der Waals surface area (Å²) in [6.45, 7) is 1.75. The largest absolute Gasteiger partial charge is 0.480 e. The molecule has 0 aliphatic heterocycles. The number of aromatic nitrogens is 2. The van der Waals surface area contributed by atoms with Crippen LogP contribution in [-0.4, -0.2) is 40.1 Å². The summed E-state index contributed by atoms with van der Waals surface area (Å²) in [6.07, 6.45) is 3.09. The fraction of sp³-hybridized carbons (Fsp3) is 0.227. The lowest BCUT2D eigenvalue weighted by molar-refractivity contribution is -0.135. The SMILES string of the molecule is Cc1cnn(C)c1.O=C(O)CNC(=O)OCC1c2ccccc2-c2ccccc21. The van der Waals surface area contributed by atoms with Gasteiger partial charge < -0.3 is 15.2 Å². The van der Waals surface area contributed by atoms with Gasteiger partial charge in [0.2, 0.25) is 0 Å². The molecule has 3 aromatic rings. The number of ether oxygens (including phenoxy) is 1. The molecule has 0 saturated carbocycles. The number of benzene rings is 2. The Morgan fingerprint density at radius 3 is 2.14 bits per heavy atom. The van der Waals surface area contributed by atoms with Gasteiger partial charge in [-0.1, -0.05) is 48.5 Å². The number of nitrogens with one attached hydrogen (secondary N) is 1. The summed E-state index contributed by atoms with van der Waals surface area (Å²) in [5.41, 5.74) is 5.75. The van der Waals surface area contributed by atoms with Crippen molar-refractivity contribution >= 4 is 12.1 Å². The normalized spacial score (nSPS) is 11.7. The predicted octanol–water partition coefficient (Wildman–Crippen LogP) is 3.34. The summed E-state index contributed by atoms with van der Waals surface area (Å²) >= 11 is 0. The van der Waals surface area contributed by atoms with E-state index >= 15 is 0 Å². The summed E-state index contributed by atoms with van der Waals surface area (Å²) in [7, 11) is 1.91. The standard InChI is InChI=1S/C17H15NO4.C5H8N2/c19-16(20)9-18-17(21)22-10-15-13-7-3-1-5-11(13)12-6-2-4-8-14(12)15;1-5-3-6-7(2)4-5/h1-8,15H,9-10H2,(H,18,21)(H,19,20);3-4H,1-2H3. The molecule has 1 amide bonds. The second-order valence-electron chi connectivity index (χ2n) is 6.76. The average Bonchev–Trinajstić information content (AvgIpc) is 3.25. The van der Waals surface area contributed by atoms with Crippen LogP contribution in [0.4, 0.5) is 4.79 Å². The molecule has 0 saturated heterocycles. The first-order chi connectivity index (χ1) is 14.0. The first kappa shape index (κ1) is 20.1. The van der Waals surface area contributed by atoms with Crippen LogP contribution in [0.2, 0.25) is 0 Å². The van der Waals surface area contributed by atoms with Gasteiger partial charge in [-0.15, -0.1) is 0 Å². The van der Waals surface area contributed by atoms with Crippen molar-refractivity contribution in [3.63, 3.8) is 0 Å². The summed E-state index contributed by atoms with van der Waals surface area (Å²) in [4.78, 5) is 22.0. The number of carbonyl (C=O) groups is 2. The number of carboxylic acids is 1. The number of alkyl carbamates (subject to hydrolysis) is 1. The minimum absolute atomic E-state index is 0.0250. The van der Waals surface area contributed by atoms with Crippen LogP contribution in [0.5, 0.6) is 0 Å². The predicted molar refractivity (Wildman–Crippen MR) is 109 cm³/mol. The summed E-state index contributed by atoms with van der Waals surface area (Å²) in [5, 5.41) is 14.7. The molecule has 1 aliphatic carbocycles. The van der Waals surface area contributed by atoms with Crippen molar-refractivity contribution in [1.82, 2.24) is 15.1 Å². The van der Waals surface area contributed by atoms with Gasteiger partial charge in [0.25, 0.3) is 0 Å². The first-order valence-electron chi connectivity index (χ1n) is 9.21. The van der Waals surface area contributed by atoms with Gasteiger partial charge in [0, 0.05) is 19.2 Å². The molecule has 0 atom stereocenters. The topological polar surface area (TPSA) is 93.5 Å². The van der Waals surface area contributed by atoms with Crippen molar-refractivity contribution in [3.05, 3.63) is 77.6 Å². The lowest BCUT2D eigenvalue weighted by Crippen LogP contribution is -2.30. The van der Waals surface area contributed by atoms with Crippen LogP contribution >= 0.6 is 0 Å². The van der Waals surface area contributed by atoms with E-state index in [-0.39, 0.29) is 12.5 Å². The van der Waals surface area contributed by atoms with E-state index in [2.05, 4.69) is 22.5 Å². The molecular formula is C22H23N3O4. The van der Waals surface area contributed by atoms with Crippen LogP contribution < -0.4 is 5.32 Å². The van der Waals surface area contributed by atoms with Gasteiger partial charge in [-0.2, -0.15) is 5.10 Å². The van der Waals surface area contributed by atoms with E-state index in [0.29, 0.717) is 0 Å². The molecular weight excluding hydrogens is 370 g/mol. The number of hydrogen-bond acceptors (Lipinski definition) is 4. The van der Waals surface area contributed by atoms with Gasteiger partial charge in [-0.05, 0) is 34.7 Å². The zero-order chi connectivity index (χ0) is 20.8. The number of nitrogens with zero attached hydrogens (tertiary/aromatic N) is 2. The average molecular weight is 393 g/mol. The van der Waals surface area contributed by atoms with Gasteiger partial charge in [-0.25, -0.2) is 4.79 Å². The third-order valence-electron chi connectivity index (χ3n) is 4.56. The zero-order valence-electron chi connectivity index (χ0n) is 16.3. The smallest absolute Gasteiger partial charge is 0.407 e. The fourth-order valence-electron chi connectivity index (χ4n) is 3.34. The maximum atomic E-state index is 11.5. The second-order valence-corrected chi connectivity index (χ2v) is 6.76. The number of aliphatic carboxylic acids is 1. The molecule has 1 aliphatic rings. The quantitative estimate of drug-likeness (QED) is 0.709. The molecule has 2 aromatic carbocycles. The summed E-state index contributed by atoms with van der Waals surface area (Å²) in [5.74, 6) is -1.13. The highest BCUT2D eigenvalue weighted by Gasteiger charge is 2.28. The van der Waals surface area contributed by atoms with E-state index in [4.69, 9.17) is 9.84 Å². The van der Waals surface area contributed by atoms with Crippen molar-refractivity contribution in [1.29, 1.82) is 0 Å². The van der Waals surface area contributed by atoms with Gasteiger partial charge in [0.1, 0.15) is 13.2 Å². The number of hydrogen-bond donors (Lipinski definition) is 2. The highest BCUT2D eigenvalue weighted by molar-refractivity contribution is 5.79. The molecule has 7 nitrogen and oxygen atoms in total. The maximum absolute atomic E-state index is 11.5. The van der Waals surface area contributed by atoms with E-state index in [1.807, 2.05) is 62.8 Å². The molecule has 1 aromatic heterocycles. The molecule has 0 unspecified atom stereocenters. The molecule has 4 rings (SSSR count). The van der Waals surface area contributed by atoms with E-state index in [9.17, 15) is 9.59 Å². The Labute approximate surface area is 168 Å².